The minimum absolute atomic E-state index is 0. The van der Waals surface area contributed by atoms with E-state index in [4.69, 9.17) is 5.14 Å². The molecule has 0 aliphatic heterocycles. The van der Waals surface area contributed by atoms with E-state index in [1.807, 2.05) is 36.2 Å². The number of rotatable bonds is 7. The Labute approximate surface area is 242 Å². The number of nitrogens with two attached hydrogens (primary N) is 1. The Kier molecular flexibility index (Phi) is 8.14. The van der Waals surface area contributed by atoms with Crippen molar-refractivity contribution in [1.29, 1.82) is 0 Å². The fraction of sp³-hybridized carbons (Fsp3) is 0.111. The number of nitrogens with zero attached hydrogens (tertiary/aromatic N) is 6. The summed E-state index contributed by atoms with van der Waals surface area (Å²) in [5, 5.41) is 18.3. The zero-order chi connectivity index (χ0) is 28.6. The number of amides is 1. The highest BCUT2D eigenvalue weighted by Crippen LogP contribution is 2.31. The Morgan fingerprint density at radius 2 is 1.73 bits per heavy atom. The van der Waals surface area contributed by atoms with Crippen molar-refractivity contribution in [3.8, 4) is 0 Å². The Morgan fingerprint density at radius 1 is 1.00 bits per heavy atom. The van der Waals surface area contributed by atoms with Gasteiger partial charge in [0, 0.05) is 31.7 Å². The maximum Gasteiger partial charge on any atom is 0.418 e. The molecule has 0 saturated heterocycles. The van der Waals surface area contributed by atoms with Crippen molar-refractivity contribution in [3.63, 3.8) is 0 Å². The fourth-order valence-corrected chi connectivity index (χ4v) is 5.12. The lowest BCUT2D eigenvalue weighted by atomic mass is 10.2. The van der Waals surface area contributed by atoms with E-state index in [1.54, 1.807) is 67.2 Å². The Balaban J connectivity index is 0.00000387. The van der Waals surface area contributed by atoms with E-state index >= 15 is 0 Å². The molecule has 0 spiro atoms. The molecule has 0 radical (unpaired) electrons. The first-order chi connectivity index (χ1) is 19.0. The molecule has 0 aliphatic carbocycles. The lowest BCUT2D eigenvalue weighted by Crippen LogP contribution is -2.26. The molecule has 2 heterocycles. The summed E-state index contributed by atoms with van der Waals surface area (Å²) in [7, 11) is -0.289. The molecule has 1 amide bonds. The molecular weight excluding hydrogens is 568 g/mol. The second-order valence-electron chi connectivity index (χ2n) is 9.05. The number of halogens is 1. The van der Waals surface area contributed by atoms with Crippen LogP contribution in [0.2, 0.25) is 0 Å². The minimum atomic E-state index is -3.88. The zero-order valence-corrected chi connectivity index (χ0v) is 23.9. The molecule has 0 unspecified atom stereocenters. The van der Waals surface area contributed by atoms with E-state index in [0.29, 0.717) is 28.3 Å². The van der Waals surface area contributed by atoms with Gasteiger partial charge in [-0.05, 0) is 61.0 Å². The highest BCUT2D eigenvalue weighted by atomic mass is 35.5. The number of primary sulfonamides is 1. The van der Waals surface area contributed by atoms with Crippen LogP contribution in [0, 0.1) is 6.92 Å². The van der Waals surface area contributed by atoms with Crippen LogP contribution < -0.4 is 20.3 Å². The summed E-state index contributed by atoms with van der Waals surface area (Å²) in [6.07, 6.45) is 0.436. The molecule has 41 heavy (non-hydrogen) atoms. The lowest BCUT2D eigenvalue weighted by molar-refractivity contribution is 0.204. The average Bonchev–Trinajstić information content (AvgIpc) is 3.24. The smallest absolute Gasteiger partial charge is 0.418 e. The van der Waals surface area contributed by atoms with Crippen LogP contribution in [0.25, 0.3) is 11.0 Å². The number of aryl methyl sites for hydroxylation is 2. The average molecular weight is 595 g/mol. The van der Waals surface area contributed by atoms with Gasteiger partial charge in [0.25, 0.3) is 0 Å². The van der Waals surface area contributed by atoms with Crippen molar-refractivity contribution >= 4 is 74.3 Å². The number of anilines is 6. The molecule has 14 heteroatoms. The third kappa shape index (κ3) is 5.91. The fourth-order valence-electron chi connectivity index (χ4n) is 4.31. The maximum absolute atomic E-state index is 12.1. The summed E-state index contributed by atoms with van der Waals surface area (Å²) in [6, 6.07) is 20.9. The normalized spacial score (nSPS) is 11.1. The number of sulfonamides is 1. The number of carbonyl (C=O) groups is 1. The molecular formula is C27H27ClN8O4S. The Hall–Kier alpha value is -4.72. The number of nitrogens with one attached hydrogen (secondary N) is 1. The summed E-state index contributed by atoms with van der Waals surface area (Å²) in [6.45, 7) is 1.66. The monoisotopic (exact) mass is 594 g/mol. The van der Waals surface area contributed by atoms with E-state index in [9.17, 15) is 18.3 Å². The van der Waals surface area contributed by atoms with Crippen molar-refractivity contribution in [2.45, 2.75) is 11.8 Å². The van der Waals surface area contributed by atoms with Crippen LogP contribution in [-0.4, -0.2) is 46.2 Å². The summed E-state index contributed by atoms with van der Waals surface area (Å²) < 4.78 is 25.5. The number of aromatic nitrogens is 4. The van der Waals surface area contributed by atoms with Crippen LogP contribution in [-0.2, 0) is 17.1 Å². The highest BCUT2D eigenvalue weighted by molar-refractivity contribution is 7.89. The van der Waals surface area contributed by atoms with Crippen molar-refractivity contribution < 1.29 is 18.3 Å². The number of imidazole rings is 1. The number of para-hydroxylation sites is 1. The largest absolute Gasteiger partial charge is 0.464 e. The van der Waals surface area contributed by atoms with Gasteiger partial charge in [0.1, 0.15) is 5.82 Å². The van der Waals surface area contributed by atoms with Gasteiger partial charge in [0.05, 0.1) is 21.6 Å². The topological polar surface area (TPSA) is 160 Å². The van der Waals surface area contributed by atoms with Crippen LogP contribution in [0.5, 0.6) is 0 Å². The van der Waals surface area contributed by atoms with Crippen LogP contribution >= 0.6 is 12.4 Å². The van der Waals surface area contributed by atoms with Gasteiger partial charge in [-0.2, -0.15) is 4.98 Å². The van der Waals surface area contributed by atoms with Crippen molar-refractivity contribution in [3.05, 3.63) is 84.6 Å². The first-order valence-corrected chi connectivity index (χ1v) is 13.6. The van der Waals surface area contributed by atoms with E-state index in [2.05, 4.69) is 20.3 Å². The molecule has 0 bridgehead atoms. The van der Waals surface area contributed by atoms with E-state index < -0.39 is 16.1 Å². The minimum Gasteiger partial charge on any atom is -0.464 e. The van der Waals surface area contributed by atoms with Gasteiger partial charge in [-0.25, -0.2) is 33.2 Å². The number of carboxylic acid groups (broad SMARTS) is 1. The molecule has 4 N–H and O–H groups in total. The molecule has 0 aliphatic rings. The second kappa shape index (κ2) is 11.4. The summed E-state index contributed by atoms with van der Waals surface area (Å²) in [4.78, 5) is 28.6. The van der Waals surface area contributed by atoms with Gasteiger partial charge < -0.3 is 19.9 Å². The summed E-state index contributed by atoms with van der Waals surface area (Å²) >= 11 is 0. The van der Waals surface area contributed by atoms with Gasteiger partial charge in [-0.1, -0.05) is 24.3 Å². The first kappa shape index (κ1) is 29.3. The third-order valence-electron chi connectivity index (χ3n) is 6.37. The predicted molar refractivity (Wildman–Crippen MR) is 160 cm³/mol. The number of benzene rings is 3. The third-order valence-corrected chi connectivity index (χ3v) is 7.42. The van der Waals surface area contributed by atoms with Crippen molar-refractivity contribution in [1.82, 2.24) is 19.5 Å². The molecule has 0 atom stereocenters. The summed E-state index contributed by atoms with van der Waals surface area (Å²) in [5.74, 6) is 1.08. The summed E-state index contributed by atoms with van der Waals surface area (Å²) in [5.41, 5.74) is 3.60. The first-order valence-electron chi connectivity index (χ1n) is 12.0. The van der Waals surface area contributed by atoms with Crippen LogP contribution in [0.3, 0.4) is 0 Å². The second-order valence-corrected chi connectivity index (χ2v) is 10.6. The SMILES string of the molecule is Cc1ccc(Nc2nccc(N(C)c3ccc4c(c3)nc(N(C(=O)O)c3ccccc3)n4C)n2)cc1S(N)(=O)=O.Cl. The molecule has 212 valence electrons. The quantitative estimate of drug-likeness (QED) is 0.234. The van der Waals surface area contributed by atoms with Crippen LogP contribution in [0.4, 0.5) is 39.6 Å². The van der Waals surface area contributed by atoms with Crippen molar-refractivity contribution in [2.24, 2.45) is 12.2 Å². The lowest BCUT2D eigenvalue weighted by Gasteiger charge is -2.19. The van der Waals surface area contributed by atoms with Crippen LogP contribution in [0.1, 0.15) is 5.56 Å². The molecule has 0 fully saturated rings. The van der Waals surface area contributed by atoms with Crippen LogP contribution in [0.15, 0.2) is 83.9 Å². The van der Waals surface area contributed by atoms with Gasteiger partial charge in [-0.3, -0.25) is 0 Å². The molecule has 3 aromatic carbocycles. The Bertz CT molecular complexity index is 1850. The van der Waals surface area contributed by atoms with Crippen molar-refractivity contribution in [2.75, 3.05) is 22.2 Å². The highest BCUT2D eigenvalue weighted by Gasteiger charge is 2.23. The number of hydrogen-bond donors (Lipinski definition) is 3. The molecule has 12 nitrogen and oxygen atoms in total. The van der Waals surface area contributed by atoms with E-state index in [0.717, 1.165) is 16.1 Å². The van der Waals surface area contributed by atoms with E-state index in [-0.39, 0.29) is 29.2 Å². The van der Waals surface area contributed by atoms with Gasteiger partial charge in [0.2, 0.25) is 21.9 Å². The number of hydrogen-bond acceptors (Lipinski definition) is 8. The molecule has 0 saturated carbocycles. The molecule has 5 aromatic rings. The maximum atomic E-state index is 12.1. The zero-order valence-electron chi connectivity index (χ0n) is 22.3. The predicted octanol–water partition coefficient (Wildman–Crippen LogP) is 5.07. The number of fused-ring (bicyclic) bond motifs is 1. The van der Waals surface area contributed by atoms with Gasteiger partial charge >= 0.3 is 6.09 Å². The molecule has 2 aromatic heterocycles. The standard InChI is InChI=1S/C27H26N8O4S.ClH/c1-17-9-10-18(15-23(17)40(28,38)39)30-25-29-14-13-24(32-25)33(2)20-11-12-22-21(16-20)31-26(34(22)3)35(27(36)37)19-7-5-4-6-8-19;/h4-16H,1-3H3,(H,36,37)(H2,28,38,39)(H,29,30,32);1H. The Morgan fingerprint density at radius 3 is 2.41 bits per heavy atom. The van der Waals surface area contributed by atoms with E-state index in [1.165, 1.54) is 6.07 Å². The molecule has 5 rings (SSSR count). The van der Waals surface area contributed by atoms with Gasteiger partial charge in [0.15, 0.2) is 0 Å². The van der Waals surface area contributed by atoms with Gasteiger partial charge in [-0.15, -0.1) is 12.4 Å².